The van der Waals surface area contributed by atoms with E-state index in [0.717, 1.165) is 66.9 Å². The Morgan fingerprint density at radius 2 is 1.32 bits per heavy atom. The molecule has 1 aliphatic carbocycles. The van der Waals surface area contributed by atoms with E-state index in [2.05, 4.69) is 61.2 Å². The van der Waals surface area contributed by atoms with E-state index in [1.54, 1.807) is 6.08 Å². The van der Waals surface area contributed by atoms with Gasteiger partial charge in [0.2, 0.25) is 0 Å². The minimum atomic E-state index is -0.375. The van der Waals surface area contributed by atoms with Crippen molar-refractivity contribution in [3.05, 3.63) is 193 Å². The molecular formula is C49H33N5O2. The summed E-state index contributed by atoms with van der Waals surface area (Å²) < 4.78 is 13.3. The molecule has 1 aliphatic heterocycles. The van der Waals surface area contributed by atoms with Crippen LogP contribution in [0.5, 0.6) is 5.75 Å². The molecule has 0 amide bonds. The molecule has 266 valence electrons. The van der Waals surface area contributed by atoms with E-state index >= 15 is 0 Å². The van der Waals surface area contributed by atoms with Crippen LogP contribution in [0.1, 0.15) is 22.9 Å². The molecule has 0 fully saturated rings. The third-order valence-electron chi connectivity index (χ3n) is 10.1. The average Bonchev–Trinajstić information content (AvgIpc) is 3.84. The van der Waals surface area contributed by atoms with Crippen molar-refractivity contribution in [2.75, 3.05) is 0 Å². The molecule has 2 aliphatic rings. The van der Waals surface area contributed by atoms with Crippen molar-refractivity contribution in [1.29, 1.82) is 0 Å². The van der Waals surface area contributed by atoms with E-state index in [9.17, 15) is 0 Å². The molecule has 8 aromatic rings. The molecule has 7 heteroatoms. The van der Waals surface area contributed by atoms with Crippen molar-refractivity contribution in [3.8, 4) is 51.2 Å². The highest BCUT2D eigenvalue weighted by molar-refractivity contribution is 6.06. The summed E-state index contributed by atoms with van der Waals surface area (Å²) in [6.07, 6.45) is 15.6. The summed E-state index contributed by atoms with van der Waals surface area (Å²) in [5.41, 5.74) is 9.60. The number of para-hydroxylation sites is 1. The maximum atomic E-state index is 6.85. The summed E-state index contributed by atoms with van der Waals surface area (Å²) in [6.45, 7) is 3.74. The predicted molar refractivity (Wildman–Crippen MR) is 224 cm³/mol. The number of benzene rings is 5. The van der Waals surface area contributed by atoms with Gasteiger partial charge in [-0.25, -0.2) is 24.9 Å². The van der Waals surface area contributed by atoms with Crippen LogP contribution in [-0.2, 0) is 0 Å². The maximum absolute atomic E-state index is 6.85. The van der Waals surface area contributed by atoms with Crippen molar-refractivity contribution >= 4 is 33.7 Å². The summed E-state index contributed by atoms with van der Waals surface area (Å²) in [5.74, 6) is 2.91. The number of allylic oxidation sites excluding steroid dienone is 6. The largest absolute Gasteiger partial charge is 0.484 e. The number of rotatable bonds is 8. The quantitative estimate of drug-likeness (QED) is 0.144. The van der Waals surface area contributed by atoms with Gasteiger partial charge in [0.1, 0.15) is 34.5 Å². The number of aromatic nitrogens is 5. The van der Waals surface area contributed by atoms with Gasteiger partial charge in [-0.1, -0.05) is 164 Å². The minimum Gasteiger partial charge on any atom is -0.484 e. The lowest BCUT2D eigenvalue weighted by Crippen LogP contribution is -2.25. The van der Waals surface area contributed by atoms with Crippen molar-refractivity contribution in [2.24, 2.45) is 0 Å². The normalized spacial score (nSPS) is 16.0. The molecule has 7 nitrogen and oxygen atoms in total. The van der Waals surface area contributed by atoms with Gasteiger partial charge in [0.05, 0.1) is 5.92 Å². The Balaban J connectivity index is 1.07. The second kappa shape index (κ2) is 14.0. The molecule has 0 spiro atoms. The zero-order valence-electron chi connectivity index (χ0n) is 30.2. The van der Waals surface area contributed by atoms with E-state index < -0.39 is 0 Å². The van der Waals surface area contributed by atoms with E-state index in [1.807, 2.05) is 115 Å². The summed E-state index contributed by atoms with van der Waals surface area (Å²) in [4.78, 5) is 25.5. The number of ether oxygens (including phenoxy) is 1. The molecular weight excluding hydrogens is 691 g/mol. The molecule has 0 radical (unpaired) electrons. The predicted octanol–water partition coefficient (Wildman–Crippen LogP) is 11.5. The Kier molecular flexibility index (Phi) is 8.30. The van der Waals surface area contributed by atoms with Crippen LogP contribution in [0.3, 0.4) is 0 Å². The third-order valence-corrected chi connectivity index (χ3v) is 10.1. The number of hydrogen-bond donors (Lipinski definition) is 0. The van der Waals surface area contributed by atoms with Crippen molar-refractivity contribution in [1.82, 2.24) is 24.9 Å². The molecule has 0 saturated carbocycles. The van der Waals surface area contributed by atoms with Gasteiger partial charge in [-0.15, -0.1) is 0 Å². The monoisotopic (exact) mass is 723 g/mol. The highest BCUT2D eigenvalue weighted by atomic mass is 16.5. The smallest absolute Gasteiger partial charge is 0.180 e. The molecule has 10 rings (SSSR count). The van der Waals surface area contributed by atoms with Gasteiger partial charge in [-0.3, -0.25) is 0 Å². The Bertz CT molecular complexity index is 2850. The molecule has 4 heterocycles. The van der Waals surface area contributed by atoms with Crippen LogP contribution in [0.2, 0.25) is 0 Å². The lowest BCUT2D eigenvalue weighted by molar-refractivity contribution is 0.254. The first kappa shape index (κ1) is 33.1. The Morgan fingerprint density at radius 3 is 2.07 bits per heavy atom. The van der Waals surface area contributed by atoms with Crippen molar-refractivity contribution in [2.45, 2.75) is 12.0 Å². The fourth-order valence-corrected chi connectivity index (χ4v) is 7.45. The van der Waals surface area contributed by atoms with Crippen LogP contribution in [0.25, 0.3) is 79.1 Å². The summed E-state index contributed by atoms with van der Waals surface area (Å²) in [6, 6.07) is 42.4. The van der Waals surface area contributed by atoms with E-state index in [-0.39, 0.29) is 12.0 Å². The number of fused-ring (bicyclic) bond motifs is 6. The van der Waals surface area contributed by atoms with Gasteiger partial charge in [-0.2, -0.15) is 0 Å². The van der Waals surface area contributed by atoms with Gasteiger partial charge >= 0.3 is 0 Å². The second-order valence-corrected chi connectivity index (χ2v) is 13.6. The summed E-state index contributed by atoms with van der Waals surface area (Å²) >= 11 is 0. The zero-order chi connectivity index (χ0) is 37.4. The maximum Gasteiger partial charge on any atom is 0.180 e. The first-order chi connectivity index (χ1) is 27.7. The van der Waals surface area contributed by atoms with Crippen LogP contribution < -0.4 is 4.74 Å². The van der Waals surface area contributed by atoms with Crippen LogP contribution >= 0.6 is 0 Å². The van der Waals surface area contributed by atoms with Gasteiger partial charge in [-0.05, 0) is 23.8 Å². The molecule has 2 unspecified atom stereocenters. The summed E-state index contributed by atoms with van der Waals surface area (Å²) in [5, 5.41) is 0.938. The molecule has 5 aromatic carbocycles. The second-order valence-electron chi connectivity index (χ2n) is 13.6. The zero-order valence-corrected chi connectivity index (χ0v) is 30.2. The number of furan rings is 1. The Hall–Kier alpha value is -7.51. The van der Waals surface area contributed by atoms with E-state index in [1.165, 1.54) is 0 Å². The lowest BCUT2D eigenvalue weighted by atomic mass is 9.86. The van der Waals surface area contributed by atoms with Crippen LogP contribution in [0.15, 0.2) is 181 Å². The lowest BCUT2D eigenvalue weighted by Gasteiger charge is -2.23. The van der Waals surface area contributed by atoms with E-state index in [4.69, 9.17) is 34.1 Å². The number of hydrogen-bond acceptors (Lipinski definition) is 7. The standard InChI is InChI=1S/C49H33N5O2/c1-2-3-4-7-16-31-27-29-32(30-28-31)42-45-43(35-21-12-13-25-39(35)55-45)51-49(50-42)38-24-14-22-36-41-37(23-15-26-40(41)56-44(36)38)48-53-46(33-17-8-5-9-18-33)52-47(54-48)34-19-10-6-11-20-34/h2-30,38,44H,1H2/b4-3-,16-7+. The first-order valence-electron chi connectivity index (χ1n) is 18.5. The first-order valence-corrected chi connectivity index (χ1v) is 18.5. The topological polar surface area (TPSA) is 86.8 Å². The number of nitrogens with zero attached hydrogens (tertiary/aromatic N) is 5. The fraction of sp³-hybridized carbons (Fsp3) is 0.0408. The molecule has 0 saturated heterocycles. The highest BCUT2D eigenvalue weighted by Gasteiger charge is 2.40. The highest BCUT2D eigenvalue weighted by Crippen LogP contribution is 2.49. The van der Waals surface area contributed by atoms with Crippen molar-refractivity contribution in [3.63, 3.8) is 0 Å². The third kappa shape index (κ3) is 5.92. The molecule has 3 aromatic heterocycles. The Morgan fingerprint density at radius 1 is 0.607 bits per heavy atom. The van der Waals surface area contributed by atoms with Crippen LogP contribution in [0, 0.1) is 0 Å². The van der Waals surface area contributed by atoms with Gasteiger partial charge in [0.25, 0.3) is 0 Å². The molecule has 2 atom stereocenters. The molecule has 0 N–H and O–H groups in total. The van der Waals surface area contributed by atoms with Crippen LogP contribution in [0.4, 0.5) is 0 Å². The van der Waals surface area contributed by atoms with Gasteiger partial charge in [0.15, 0.2) is 23.1 Å². The van der Waals surface area contributed by atoms with Crippen molar-refractivity contribution < 1.29 is 9.15 Å². The molecule has 0 bridgehead atoms. The fourth-order valence-electron chi connectivity index (χ4n) is 7.45. The van der Waals surface area contributed by atoms with Crippen LogP contribution in [-0.4, -0.2) is 31.0 Å². The van der Waals surface area contributed by atoms with Gasteiger partial charge < -0.3 is 9.15 Å². The van der Waals surface area contributed by atoms with Gasteiger partial charge in [0, 0.05) is 38.8 Å². The molecule has 56 heavy (non-hydrogen) atoms. The Labute approximate surface area is 323 Å². The summed E-state index contributed by atoms with van der Waals surface area (Å²) in [7, 11) is 0. The average molecular weight is 724 g/mol. The van der Waals surface area contributed by atoms with E-state index in [0.29, 0.717) is 28.9 Å². The minimum absolute atomic E-state index is 0.288. The SMILES string of the molecule is C=C/C=C\C=C\c1ccc(-c2nc(C3C=CC=C4c5c(cccc5-c5nc(-c6ccccc6)nc(-c6ccccc6)n5)OC43)nc3c2oc2ccccc23)cc1.